The number of hydrogen-bond acceptors (Lipinski definition) is 5. The molecule has 0 aliphatic heterocycles. The van der Waals surface area contributed by atoms with E-state index < -0.39 is 0 Å². The number of nitrogens with zero attached hydrogens (tertiary/aromatic N) is 4. The minimum atomic E-state index is 0.751. The van der Waals surface area contributed by atoms with Gasteiger partial charge in [0, 0.05) is 34.7 Å². The summed E-state index contributed by atoms with van der Waals surface area (Å²) in [4.78, 5) is 4.72. The van der Waals surface area contributed by atoms with E-state index in [1.54, 1.807) is 23.5 Å². The van der Waals surface area contributed by atoms with Gasteiger partial charge in [0.15, 0.2) is 0 Å². The average Bonchev–Trinajstić information content (AvgIpc) is 3.56. The molecule has 0 saturated heterocycles. The Kier molecular flexibility index (Phi) is 7.68. The number of pyridine rings is 1. The van der Waals surface area contributed by atoms with Gasteiger partial charge in [0.25, 0.3) is 0 Å². The Labute approximate surface area is 272 Å². The molecule has 0 amide bonds. The van der Waals surface area contributed by atoms with Gasteiger partial charge < -0.3 is 4.74 Å². The number of ether oxygens (including phenoxy) is 1. The van der Waals surface area contributed by atoms with Crippen LogP contribution >= 0.6 is 23.5 Å². The van der Waals surface area contributed by atoms with Crippen LogP contribution in [0.3, 0.4) is 0 Å². The average molecular weight is 627 g/mol. The van der Waals surface area contributed by atoms with Gasteiger partial charge in [0.05, 0.1) is 16.7 Å². The van der Waals surface area contributed by atoms with E-state index in [2.05, 4.69) is 116 Å². The molecule has 7 heteroatoms. The van der Waals surface area contributed by atoms with Gasteiger partial charge in [-0.2, -0.15) is 5.10 Å². The van der Waals surface area contributed by atoms with Crippen LogP contribution in [-0.4, -0.2) is 31.8 Å². The first-order valence-electron chi connectivity index (χ1n) is 14.9. The molecule has 0 unspecified atom stereocenters. The highest BCUT2D eigenvalue weighted by Gasteiger charge is 2.23. The summed E-state index contributed by atoms with van der Waals surface area (Å²) in [7, 11) is 0. The summed E-state index contributed by atoms with van der Waals surface area (Å²) < 4.78 is 10.8. The largest absolute Gasteiger partial charge is 0.457 e. The van der Waals surface area contributed by atoms with Gasteiger partial charge in [-0.15, -0.1) is 23.5 Å². The monoisotopic (exact) mass is 626 g/mol. The van der Waals surface area contributed by atoms with Crippen LogP contribution < -0.4 is 4.74 Å². The normalized spacial score (nSPS) is 11.5. The fourth-order valence-electron chi connectivity index (χ4n) is 6.40. The van der Waals surface area contributed by atoms with Crippen molar-refractivity contribution >= 4 is 45.3 Å². The Bertz CT molecular complexity index is 2210. The molecule has 7 aromatic rings. The third-order valence-corrected chi connectivity index (χ3v) is 9.63. The summed E-state index contributed by atoms with van der Waals surface area (Å²) in [5.74, 6) is 2.40. The standard InChI is InChI=1S/C38H34N4OS2/c1-23-16-17-39-34(20-23)41-32-13-8-7-12-30(32)31-15-14-29(22-33(31)41)43-28-11-9-10-27(21-28)42-38(45-6)36(37(40-42)44-5)35-25(3)18-24(2)19-26(35)4/h7-22H,1-6H3. The van der Waals surface area contributed by atoms with Crippen LogP contribution in [0.15, 0.2) is 107 Å². The van der Waals surface area contributed by atoms with Crippen LogP contribution in [0.5, 0.6) is 11.5 Å². The number of benzene rings is 4. The molecule has 0 bridgehead atoms. The zero-order valence-corrected chi connectivity index (χ0v) is 27.9. The van der Waals surface area contributed by atoms with Gasteiger partial charge >= 0.3 is 0 Å². The maximum atomic E-state index is 6.55. The van der Waals surface area contributed by atoms with Gasteiger partial charge in [-0.3, -0.25) is 4.57 Å². The Morgan fingerprint density at radius 2 is 1.40 bits per heavy atom. The fourth-order valence-corrected chi connectivity index (χ4v) is 7.75. The van der Waals surface area contributed by atoms with E-state index in [1.807, 2.05) is 30.5 Å². The second kappa shape index (κ2) is 11.8. The van der Waals surface area contributed by atoms with Crippen molar-refractivity contribution in [1.82, 2.24) is 19.3 Å². The van der Waals surface area contributed by atoms with E-state index in [9.17, 15) is 0 Å². The first-order chi connectivity index (χ1) is 21.9. The third-order valence-electron chi connectivity index (χ3n) is 8.20. The van der Waals surface area contributed by atoms with Crippen LogP contribution in [0, 0.1) is 27.7 Å². The van der Waals surface area contributed by atoms with E-state index >= 15 is 0 Å². The molecule has 0 fully saturated rings. The molecule has 224 valence electrons. The van der Waals surface area contributed by atoms with Crippen LogP contribution in [0.25, 0.3) is 44.4 Å². The Morgan fingerprint density at radius 1 is 0.644 bits per heavy atom. The lowest BCUT2D eigenvalue weighted by Crippen LogP contribution is -1.99. The predicted octanol–water partition coefficient (Wildman–Crippen LogP) is 10.5. The molecule has 4 aromatic carbocycles. The minimum absolute atomic E-state index is 0.751. The summed E-state index contributed by atoms with van der Waals surface area (Å²) in [5, 5.41) is 9.59. The van der Waals surface area contributed by atoms with Gasteiger partial charge in [-0.25, -0.2) is 9.67 Å². The summed E-state index contributed by atoms with van der Waals surface area (Å²) in [5.41, 5.74) is 10.6. The van der Waals surface area contributed by atoms with Crippen LogP contribution in [0.4, 0.5) is 0 Å². The summed E-state index contributed by atoms with van der Waals surface area (Å²) >= 11 is 3.40. The quantitative estimate of drug-likeness (QED) is 0.165. The van der Waals surface area contributed by atoms with Crippen molar-refractivity contribution in [2.75, 3.05) is 12.5 Å². The van der Waals surface area contributed by atoms with Crippen molar-refractivity contribution in [1.29, 1.82) is 0 Å². The molecule has 3 heterocycles. The highest BCUT2D eigenvalue weighted by Crippen LogP contribution is 2.43. The molecule has 0 aliphatic rings. The van der Waals surface area contributed by atoms with E-state index in [-0.39, 0.29) is 0 Å². The highest BCUT2D eigenvalue weighted by atomic mass is 32.2. The summed E-state index contributed by atoms with van der Waals surface area (Å²) in [6, 6.07) is 31.6. The van der Waals surface area contributed by atoms with Crippen molar-refractivity contribution in [3.8, 4) is 34.1 Å². The molecule has 3 aromatic heterocycles. The lowest BCUT2D eigenvalue weighted by Gasteiger charge is -2.14. The van der Waals surface area contributed by atoms with Crippen molar-refractivity contribution < 1.29 is 4.74 Å². The molecular weight excluding hydrogens is 593 g/mol. The summed E-state index contributed by atoms with van der Waals surface area (Å²) in [6.07, 6.45) is 6.09. The zero-order chi connectivity index (χ0) is 31.2. The van der Waals surface area contributed by atoms with Gasteiger partial charge in [-0.1, -0.05) is 42.0 Å². The van der Waals surface area contributed by atoms with E-state index in [1.165, 1.54) is 38.8 Å². The molecule has 0 radical (unpaired) electrons. The number of thioether (sulfide) groups is 2. The van der Waals surface area contributed by atoms with Crippen molar-refractivity contribution in [3.63, 3.8) is 0 Å². The number of fused-ring (bicyclic) bond motifs is 3. The first-order valence-corrected chi connectivity index (χ1v) is 17.3. The molecule has 7 rings (SSSR count). The molecule has 45 heavy (non-hydrogen) atoms. The van der Waals surface area contributed by atoms with Crippen molar-refractivity contribution in [2.45, 2.75) is 37.7 Å². The Hall–Kier alpha value is -4.46. The van der Waals surface area contributed by atoms with E-state index in [0.717, 1.165) is 49.5 Å². The Morgan fingerprint density at radius 3 is 2.16 bits per heavy atom. The summed E-state index contributed by atoms with van der Waals surface area (Å²) in [6.45, 7) is 8.64. The highest BCUT2D eigenvalue weighted by molar-refractivity contribution is 7.99. The lowest BCUT2D eigenvalue weighted by molar-refractivity contribution is 0.482. The molecule has 0 spiro atoms. The van der Waals surface area contributed by atoms with E-state index in [0.29, 0.717) is 0 Å². The molecule has 0 saturated carbocycles. The maximum absolute atomic E-state index is 6.55. The van der Waals surface area contributed by atoms with Crippen molar-refractivity contribution in [2.24, 2.45) is 0 Å². The lowest BCUT2D eigenvalue weighted by atomic mass is 9.96. The van der Waals surface area contributed by atoms with Gasteiger partial charge in [0.2, 0.25) is 0 Å². The molecular formula is C38H34N4OS2. The van der Waals surface area contributed by atoms with Gasteiger partial charge in [0.1, 0.15) is 27.4 Å². The molecule has 5 nitrogen and oxygen atoms in total. The smallest absolute Gasteiger partial charge is 0.137 e. The van der Waals surface area contributed by atoms with Crippen molar-refractivity contribution in [3.05, 3.63) is 119 Å². The third kappa shape index (κ3) is 5.20. The minimum Gasteiger partial charge on any atom is -0.457 e. The molecule has 0 atom stereocenters. The second-order valence-corrected chi connectivity index (χ2v) is 13.0. The topological polar surface area (TPSA) is 44.9 Å². The maximum Gasteiger partial charge on any atom is 0.137 e. The zero-order valence-electron chi connectivity index (χ0n) is 26.3. The van der Waals surface area contributed by atoms with Gasteiger partial charge in [-0.05, 0) is 105 Å². The number of aromatic nitrogens is 4. The Balaban J connectivity index is 1.31. The number of hydrogen-bond donors (Lipinski definition) is 0. The van der Waals surface area contributed by atoms with Crippen LogP contribution in [0.2, 0.25) is 0 Å². The van der Waals surface area contributed by atoms with Crippen LogP contribution in [-0.2, 0) is 0 Å². The SMILES string of the molecule is CSc1nn(-c2cccc(Oc3ccc4c5ccccc5n(-c5cc(C)ccn5)c4c3)c2)c(SC)c1-c1c(C)cc(C)cc1C. The second-order valence-electron chi connectivity index (χ2n) is 11.4. The van der Waals surface area contributed by atoms with E-state index in [4.69, 9.17) is 14.8 Å². The first kappa shape index (κ1) is 29.3. The number of para-hydroxylation sites is 1. The fraction of sp³-hybridized carbons (Fsp3) is 0.158. The number of aryl methyl sites for hydroxylation is 4. The number of rotatable bonds is 7. The van der Waals surface area contributed by atoms with Crippen LogP contribution in [0.1, 0.15) is 22.3 Å². The predicted molar refractivity (Wildman–Crippen MR) is 190 cm³/mol. The molecule has 0 N–H and O–H groups in total. The molecule has 0 aliphatic carbocycles.